The zero-order chi connectivity index (χ0) is 16.9. The second-order valence-corrected chi connectivity index (χ2v) is 6.94. The Morgan fingerprint density at radius 1 is 1.25 bits per heavy atom. The number of benzene rings is 1. The number of amides is 1. The van der Waals surface area contributed by atoms with E-state index in [2.05, 4.69) is 48.4 Å². The molecule has 4 nitrogen and oxygen atoms in total. The van der Waals surface area contributed by atoms with Crippen molar-refractivity contribution in [1.82, 2.24) is 14.9 Å². The van der Waals surface area contributed by atoms with E-state index < -0.39 is 0 Å². The lowest BCUT2D eigenvalue weighted by Crippen LogP contribution is -2.21. The minimum absolute atomic E-state index is 0.00490. The second kappa shape index (κ2) is 7.45. The summed E-state index contributed by atoms with van der Waals surface area (Å²) in [7, 11) is 0. The molecule has 1 amide bonds. The molecular formula is C19H21N3OS. The molecule has 124 valence electrons. The van der Waals surface area contributed by atoms with E-state index in [1.54, 1.807) is 17.5 Å². The molecule has 0 saturated carbocycles. The second-order valence-electron chi connectivity index (χ2n) is 5.80. The number of carbonyl (C=O) groups excluding carboxylic acids is 1. The van der Waals surface area contributed by atoms with Crippen molar-refractivity contribution in [2.75, 3.05) is 0 Å². The molecule has 1 aromatic carbocycles. The van der Waals surface area contributed by atoms with Gasteiger partial charge in [0, 0.05) is 30.4 Å². The van der Waals surface area contributed by atoms with Gasteiger partial charge in [-0.15, -0.1) is 11.3 Å². The molecule has 0 spiro atoms. The van der Waals surface area contributed by atoms with Crippen LogP contribution in [0.4, 0.5) is 0 Å². The first-order valence-corrected chi connectivity index (χ1v) is 8.88. The molecule has 0 atom stereocenters. The molecule has 1 N–H and O–H groups in total. The molecule has 2 heterocycles. The SMILES string of the molecule is CCc1sc(C(=O)NCc2ccc(Cn3ccnc3)cc2)cc1C. The van der Waals surface area contributed by atoms with Gasteiger partial charge in [-0.1, -0.05) is 31.2 Å². The van der Waals surface area contributed by atoms with Gasteiger partial charge < -0.3 is 9.88 Å². The molecule has 0 aliphatic rings. The Hall–Kier alpha value is -2.40. The van der Waals surface area contributed by atoms with Crippen molar-refractivity contribution in [3.63, 3.8) is 0 Å². The molecule has 5 heteroatoms. The third-order valence-electron chi connectivity index (χ3n) is 3.97. The van der Waals surface area contributed by atoms with Crippen molar-refractivity contribution in [3.05, 3.63) is 75.5 Å². The van der Waals surface area contributed by atoms with Crippen LogP contribution in [0.1, 0.15) is 38.2 Å². The van der Waals surface area contributed by atoms with Gasteiger partial charge in [-0.05, 0) is 36.1 Å². The molecule has 3 aromatic rings. The number of hydrogen-bond acceptors (Lipinski definition) is 3. The smallest absolute Gasteiger partial charge is 0.261 e. The highest BCUT2D eigenvalue weighted by Crippen LogP contribution is 2.22. The summed E-state index contributed by atoms with van der Waals surface area (Å²) in [5.41, 5.74) is 3.52. The lowest BCUT2D eigenvalue weighted by Gasteiger charge is -2.06. The van der Waals surface area contributed by atoms with Gasteiger partial charge in [-0.3, -0.25) is 4.79 Å². The van der Waals surface area contributed by atoms with Crippen LogP contribution in [0.15, 0.2) is 49.1 Å². The average Bonchev–Trinajstić information content (AvgIpc) is 3.23. The molecule has 0 radical (unpaired) electrons. The summed E-state index contributed by atoms with van der Waals surface area (Å²) in [6.45, 7) is 5.53. The van der Waals surface area contributed by atoms with E-state index in [4.69, 9.17) is 0 Å². The summed E-state index contributed by atoms with van der Waals surface area (Å²) >= 11 is 1.59. The normalized spacial score (nSPS) is 10.8. The van der Waals surface area contributed by atoms with Crippen LogP contribution in [0.2, 0.25) is 0 Å². The Kier molecular flexibility index (Phi) is 5.11. The number of carbonyl (C=O) groups is 1. The van der Waals surface area contributed by atoms with Crippen LogP contribution >= 0.6 is 11.3 Å². The Bertz CT molecular complexity index is 804. The molecule has 3 rings (SSSR count). The van der Waals surface area contributed by atoms with Gasteiger partial charge in [-0.2, -0.15) is 0 Å². The van der Waals surface area contributed by atoms with Gasteiger partial charge in [0.2, 0.25) is 0 Å². The minimum Gasteiger partial charge on any atom is -0.347 e. The number of hydrogen-bond donors (Lipinski definition) is 1. The molecule has 0 fully saturated rings. The number of imidazole rings is 1. The zero-order valence-corrected chi connectivity index (χ0v) is 14.8. The molecule has 0 unspecified atom stereocenters. The topological polar surface area (TPSA) is 46.9 Å². The molecule has 0 bridgehead atoms. The highest BCUT2D eigenvalue weighted by Gasteiger charge is 2.11. The standard InChI is InChI=1S/C19H21N3OS/c1-3-17-14(2)10-18(24-17)19(23)21-11-15-4-6-16(7-5-15)12-22-9-8-20-13-22/h4-10,13H,3,11-12H2,1-2H3,(H,21,23). The lowest BCUT2D eigenvalue weighted by molar-refractivity contribution is 0.0955. The maximum atomic E-state index is 12.3. The van der Waals surface area contributed by atoms with E-state index in [9.17, 15) is 4.79 Å². The highest BCUT2D eigenvalue weighted by molar-refractivity contribution is 7.14. The summed E-state index contributed by atoms with van der Waals surface area (Å²) in [4.78, 5) is 18.4. The average molecular weight is 339 g/mol. The van der Waals surface area contributed by atoms with E-state index in [-0.39, 0.29) is 5.91 Å². The van der Waals surface area contributed by atoms with Crippen molar-refractivity contribution in [2.45, 2.75) is 33.4 Å². The van der Waals surface area contributed by atoms with E-state index in [0.717, 1.165) is 23.4 Å². The fourth-order valence-electron chi connectivity index (χ4n) is 2.61. The maximum Gasteiger partial charge on any atom is 0.261 e. The predicted octanol–water partition coefficient (Wildman–Crippen LogP) is 3.79. The first-order valence-electron chi connectivity index (χ1n) is 8.06. The van der Waals surface area contributed by atoms with Crippen molar-refractivity contribution < 1.29 is 4.79 Å². The fraction of sp³-hybridized carbons (Fsp3) is 0.263. The van der Waals surface area contributed by atoms with Crippen LogP contribution in [0.25, 0.3) is 0 Å². The van der Waals surface area contributed by atoms with Crippen LogP contribution in [-0.2, 0) is 19.5 Å². The Labute approximate surface area is 146 Å². The number of aryl methyl sites for hydroxylation is 2. The minimum atomic E-state index is 0.00490. The molecule has 24 heavy (non-hydrogen) atoms. The zero-order valence-electron chi connectivity index (χ0n) is 14.0. The van der Waals surface area contributed by atoms with Gasteiger partial charge >= 0.3 is 0 Å². The van der Waals surface area contributed by atoms with Gasteiger partial charge in [0.1, 0.15) is 0 Å². The predicted molar refractivity (Wildman–Crippen MR) is 97.4 cm³/mol. The van der Waals surface area contributed by atoms with E-state index in [1.807, 2.05) is 23.2 Å². The first kappa shape index (κ1) is 16.5. The third-order valence-corrected chi connectivity index (χ3v) is 5.35. The van der Waals surface area contributed by atoms with Crippen LogP contribution in [-0.4, -0.2) is 15.5 Å². The Balaban J connectivity index is 1.56. The third kappa shape index (κ3) is 3.92. The molecule has 2 aromatic heterocycles. The van der Waals surface area contributed by atoms with Crippen molar-refractivity contribution >= 4 is 17.2 Å². The number of aromatic nitrogens is 2. The highest BCUT2D eigenvalue weighted by atomic mass is 32.1. The summed E-state index contributed by atoms with van der Waals surface area (Å²) in [6.07, 6.45) is 6.51. The number of rotatable bonds is 6. The van der Waals surface area contributed by atoms with Crippen molar-refractivity contribution in [2.24, 2.45) is 0 Å². The van der Waals surface area contributed by atoms with Gasteiger partial charge in [0.25, 0.3) is 5.91 Å². The lowest BCUT2D eigenvalue weighted by atomic mass is 10.1. The monoisotopic (exact) mass is 339 g/mol. The summed E-state index contributed by atoms with van der Waals surface area (Å²) in [5.74, 6) is 0.00490. The van der Waals surface area contributed by atoms with E-state index in [0.29, 0.717) is 6.54 Å². The maximum absolute atomic E-state index is 12.3. The van der Waals surface area contributed by atoms with E-state index in [1.165, 1.54) is 16.0 Å². The van der Waals surface area contributed by atoms with Gasteiger partial charge in [-0.25, -0.2) is 4.98 Å². The summed E-state index contributed by atoms with van der Waals surface area (Å²) < 4.78 is 2.03. The van der Waals surface area contributed by atoms with Crippen molar-refractivity contribution in [3.8, 4) is 0 Å². The molecular weight excluding hydrogens is 318 g/mol. The van der Waals surface area contributed by atoms with Gasteiger partial charge in [0.05, 0.1) is 11.2 Å². The number of nitrogens with zero attached hydrogens (tertiary/aromatic N) is 2. The quantitative estimate of drug-likeness (QED) is 0.743. The number of thiophene rings is 1. The first-order chi connectivity index (χ1) is 11.7. The van der Waals surface area contributed by atoms with Crippen LogP contribution in [0, 0.1) is 6.92 Å². The fourth-order valence-corrected chi connectivity index (χ4v) is 3.64. The Morgan fingerprint density at radius 2 is 2.00 bits per heavy atom. The van der Waals surface area contributed by atoms with Crippen molar-refractivity contribution in [1.29, 1.82) is 0 Å². The number of nitrogens with one attached hydrogen (secondary N) is 1. The van der Waals surface area contributed by atoms with Gasteiger partial charge in [0.15, 0.2) is 0 Å². The largest absolute Gasteiger partial charge is 0.347 e. The van der Waals surface area contributed by atoms with E-state index >= 15 is 0 Å². The molecule has 0 saturated heterocycles. The van der Waals surface area contributed by atoms with Crippen LogP contribution in [0.5, 0.6) is 0 Å². The summed E-state index contributed by atoms with van der Waals surface area (Å²) in [5, 5.41) is 3.00. The summed E-state index contributed by atoms with van der Waals surface area (Å²) in [6, 6.07) is 10.3. The molecule has 0 aliphatic carbocycles. The molecule has 0 aliphatic heterocycles. The van der Waals surface area contributed by atoms with Crippen LogP contribution < -0.4 is 5.32 Å². The van der Waals surface area contributed by atoms with Crippen LogP contribution in [0.3, 0.4) is 0 Å². The Morgan fingerprint density at radius 3 is 2.62 bits per heavy atom.